The van der Waals surface area contributed by atoms with Crippen LogP contribution in [0.4, 0.5) is 0 Å². The quantitative estimate of drug-likeness (QED) is 0.567. The highest BCUT2D eigenvalue weighted by Crippen LogP contribution is 2.04. The Balaban J connectivity index is 3.67. The molecule has 3 heteroatoms. The van der Waals surface area contributed by atoms with Crippen LogP contribution in [0.15, 0.2) is 12.7 Å². The van der Waals surface area contributed by atoms with Gasteiger partial charge >= 0.3 is 5.97 Å². The van der Waals surface area contributed by atoms with Crippen molar-refractivity contribution in [1.82, 2.24) is 0 Å². The van der Waals surface area contributed by atoms with Crippen LogP contribution in [0.1, 0.15) is 13.3 Å². The molecule has 0 aromatic carbocycles. The fourth-order valence-electron chi connectivity index (χ4n) is 0.598. The average molecular weight is 143 g/mol. The molecule has 0 heterocycles. The van der Waals surface area contributed by atoms with Crippen molar-refractivity contribution in [2.24, 2.45) is 11.7 Å². The van der Waals surface area contributed by atoms with Crippen molar-refractivity contribution < 1.29 is 9.90 Å². The summed E-state index contributed by atoms with van der Waals surface area (Å²) in [5.41, 5.74) is 5.25. The zero-order valence-electron chi connectivity index (χ0n) is 6.08. The summed E-state index contributed by atoms with van der Waals surface area (Å²) in [6.45, 7) is 5.41. The van der Waals surface area contributed by atoms with Gasteiger partial charge in [-0.25, -0.2) is 0 Å². The SMILES string of the molecule is C=CC(C)C[C@@H](N)C(=O)O. The van der Waals surface area contributed by atoms with Gasteiger partial charge in [0, 0.05) is 0 Å². The van der Waals surface area contributed by atoms with E-state index in [1.54, 1.807) is 6.08 Å². The molecule has 3 N–H and O–H groups in total. The Morgan fingerprint density at radius 2 is 2.40 bits per heavy atom. The van der Waals surface area contributed by atoms with Gasteiger partial charge in [-0.3, -0.25) is 4.79 Å². The first kappa shape index (κ1) is 9.17. The Labute approximate surface area is 60.5 Å². The molecule has 0 rings (SSSR count). The number of nitrogens with two attached hydrogens (primary N) is 1. The van der Waals surface area contributed by atoms with Crippen molar-refractivity contribution in [3.63, 3.8) is 0 Å². The number of hydrogen-bond acceptors (Lipinski definition) is 2. The lowest BCUT2D eigenvalue weighted by Crippen LogP contribution is -2.31. The van der Waals surface area contributed by atoms with Crippen molar-refractivity contribution in [2.75, 3.05) is 0 Å². The van der Waals surface area contributed by atoms with Gasteiger partial charge in [0.15, 0.2) is 0 Å². The Morgan fingerprint density at radius 1 is 1.90 bits per heavy atom. The minimum Gasteiger partial charge on any atom is -0.480 e. The molecule has 10 heavy (non-hydrogen) atoms. The molecular weight excluding hydrogens is 130 g/mol. The first-order valence-corrected chi connectivity index (χ1v) is 3.19. The van der Waals surface area contributed by atoms with Crippen LogP contribution in [0.25, 0.3) is 0 Å². The fourth-order valence-corrected chi connectivity index (χ4v) is 0.598. The summed E-state index contributed by atoms with van der Waals surface area (Å²) in [6, 6.07) is -0.756. The van der Waals surface area contributed by atoms with E-state index < -0.39 is 12.0 Å². The fraction of sp³-hybridized carbons (Fsp3) is 0.571. The standard InChI is InChI=1S/C7H13NO2/c1-3-5(2)4-6(8)7(9)10/h3,5-6H,1,4,8H2,2H3,(H,9,10)/t5?,6-/m1/s1. The Kier molecular flexibility index (Phi) is 3.72. The second-order valence-corrected chi connectivity index (χ2v) is 2.39. The summed E-state index contributed by atoms with van der Waals surface area (Å²) in [7, 11) is 0. The van der Waals surface area contributed by atoms with E-state index in [2.05, 4.69) is 6.58 Å². The van der Waals surface area contributed by atoms with Gasteiger partial charge in [-0.15, -0.1) is 6.58 Å². The van der Waals surface area contributed by atoms with Gasteiger partial charge in [0.2, 0.25) is 0 Å². The van der Waals surface area contributed by atoms with Crippen LogP contribution in [0.3, 0.4) is 0 Å². The molecule has 0 aliphatic heterocycles. The number of aliphatic carboxylic acids is 1. The first-order chi connectivity index (χ1) is 4.57. The molecule has 0 saturated heterocycles. The van der Waals surface area contributed by atoms with E-state index in [0.29, 0.717) is 6.42 Å². The predicted octanol–water partition coefficient (Wildman–Crippen LogP) is 0.611. The lowest BCUT2D eigenvalue weighted by molar-refractivity contribution is -0.138. The van der Waals surface area contributed by atoms with E-state index in [9.17, 15) is 4.79 Å². The van der Waals surface area contributed by atoms with E-state index in [1.165, 1.54) is 0 Å². The van der Waals surface area contributed by atoms with Gasteiger partial charge in [0.1, 0.15) is 6.04 Å². The maximum atomic E-state index is 10.2. The number of rotatable bonds is 4. The lowest BCUT2D eigenvalue weighted by Gasteiger charge is -2.08. The molecule has 0 fully saturated rings. The molecule has 1 unspecified atom stereocenters. The molecule has 0 bridgehead atoms. The summed E-state index contributed by atoms with van der Waals surface area (Å²) in [5.74, 6) is -0.778. The van der Waals surface area contributed by atoms with Crippen LogP contribution in [-0.2, 0) is 4.79 Å². The van der Waals surface area contributed by atoms with E-state index in [4.69, 9.17) is 10.8 Å². The highest BCUT2D eigenvalue weighted by Gasteiger charge is 2.12. The number of carboxylic acids is 1. The molecule has 58 valence electrons. The van der Waals surface area contributed by atoms with Crippen LogP contribution in [0.5, 0.6) is 0 Å². The van der Waals surface area contributed by atoms with Crippen LogP contribution in [-0.4, -0.2) is 17.1 Å². The molecule has 3 nitrogen and oxygen atoms in total. The highest BCUT2D eigenvalue weighted by atomic mass is 16.4. The molecule has 0 saturated carbocycles. The Hall–Kier alpha value is -0.830. The Morgan fingerprint density at radius 3 is 2.70 bits per heavy atom. The summed E-state index contributed by atoms with van der Waals surface area (Å²) >= 11 is 0. The largest absolute Gasteiger partial charge is 0.480 e. The van der Waals surface area contributed by atoms with Gasteiger partial charge in [-0.2, -0.15) is 0 Å². The third-order valence-electron chi connectivity index (χ3n) is 1.35. The van der Waals surface area contributed by atoms with Crippen molar-refractivity contribution in [2.45, 2.75) is 19.4 Å². The van der Waals surface area contributed by atoms with Crippen LogP contribution in [0, 0.1) is 5.92 Å². The van der Waals surface area contributed by atoms with Crippen LogP contribution in [0.2, 0.25) is 0 Å². The zero-order chi connectivity index (χ0) is 8.15. The van der Waals surface area contributed by atoms with Gasteiger partial charge in [0.05, 0.1) is 0 Å². The molecule has 2 atom stereocenters. The van der Waals surface area contributed by atoms with Gasteiger partial charge in [-0.1, -0.05) is 13.0 Å². The molecule has 0 aliphatic carbocycles. The maximum absolute atomic E-state index is 10.2. The van der Waals surface area contributed by atoms with E-state index in [0.717, 1.165) is 0 Å². The van der Waals surface area contributed by atoms with Crippen molar-refractivity contribution >= 4 is 5.97 Å². The smallest absolute Gasteiger partial charge is 0.320 e. The second kappa shape index (κ2) is 4.06. The van der Waals surface area contributed by atoms with Gasteiger partial charge in [0.25, 0.3) is 0 Å². The third kappa shape index (κ3) is 3.25. The van der Waals surface area contributed by atoms with Crippen molar-refractivity contribution in [3.8, 4) is 0 Å². The number of allylic oxidation sites excluding steroid dienone is 1. The maximum Gasteiger partial charge on any atom is 0.320 e. The van der Waals surface area contributed by atoms with E-state index in [-0.39, 0.29) is 5.92 Å². The summed E-state index contributed by atoms with van der Waals surface area (Å²) in [5, 5.41) is 8.37. The topological polar surface area (TPSA) is 63.3 Å². The first-order valence-electron chi connectivity index (χ1n) is 3.19. The molecule has 0 aromatic heterocycles. The highest BCUT2D eigenvalue weighted by molar-refractivity contribution is 5.73. The van der Waals surface area contributed by atoms with Crippen molar-refractivity contribution in [3.05, 3.63) is 12.7 Å². The van der Waals surface area contributed by atoms with Crippen LogP contribution >= 0.6 is 0 Å². The van der Waals surface area contributed by atoms with E-state index in [1.807, 2.05) is 6.92 Å². The molecule has 0 amide bonds. The lowest BCUT2D eigenvalue weighted by atomic mass is 10.0. The summed E-state index contributed by atoms with van der Waals surface area (Å²) in [4.78, 5) is 10.2. The second-order valence-electron chi connectivity index (χ2n) is 2.39. The summed E-state index contributed by atoms with van der Waals surface area (Å²) in [6.07, 6.45) is 2.15. The van der Waals surface area contributed by atoms with Gasteiger partial charge in [-0.05, 0) is 12.3 Å². The number of carboxylic acid groups (broad SMARTS) is 1. The predicted molar refractivity (Wildman–Crippen MR) is 39.6 cm³/mol. The third-order valence-corrected chi connectivity index (χ3v) is 1.35. The number of hydrogen-bond donors (Lipinski definition) is 2. The molecule has 0 radical (unpaired) electrons. The molecular formula is C7H13NO2. The monoisotopic (exact) mass is 143 g/mol. The van der Waals surface area contributed by atoms with Crippen molar-refractivity contribution in [1.29, 1.82) is 0 Å². The van der Waals surface area contributed by atoms with E-state index >= 15 is 0 Å². The minimum atomic E-state index is -0.950. The normalized spacial score (nSPS) is 15.8. The zero-order valence-corrected chi connectivity index (χ0v) is 6.08. The molecule has 0 aliphatic rings. The molecule has 0 spiro atoms. The Bertz CT molecular complexity index is 134. The van der Waals surface area contributed by atoms with Gasteiger partial charge < -0.3 is 10.8 Å². The summed E-state index contributed by atoms with van der Waals surface area (Å²) < 4.78 is 0. The molecule has 0 aromatic rings. The number of carbonyl (C=O) groups is 1. The average Bonchev–Trinajstić information content (AvgIpc) is 1.87. The minimum absolute atomic E-state index is 0.172. The van der Waals surface area contributed by atoms with Crippen LogP contribution < -0.4 is 5.73 Å².